The van der Waals surface area contributed by atoms with Crippen molar-refractivity contribution in [2.75, 3.05) is 0 Å². The van der Waals surface area contributed by atoms with Gasteiger partial charge in [-0.15, -0.1) is 0 Å². The van der Waals surface area contributed by atoms with Gasteiger partial charge in [0.15, 0.2) is 12.2 Å². The van der Waals surface area contributed by atoms with Crippen molar-refractivity contribution in [3.8, 4) is 0 Å². The minimum atomic E-state index is -1.14. The topological polar surface area (TPSA) is 134 Å². The second kappa shape index (κ2) is 3.58. The number of aliphatic hydroxyl groups excluding tert-OH is 1. The van der Waals surface area contributed by atoms with Crippen molar-refractivity contribution in [3.05, 3.63) is 0 Å². The van der Waals surface area contributed by atoms with Gasteiger partial charge in [0.2, 0.25) is 0 Å². The fourth-order valence-corrected chi connectivity index (χ4v) is 1.14. The molecule has 3 atom stereocenters. The quantitative estimate of drug-likeness (QED) is 0.322. The van der Waals surface area contributed by atoms with E-state index in [1.54, 1.807) is 0 Å². The van der Waals surface area contributed by atoms with Crippen LogP contribution in [0, 0.1) is 0 Å². The molecule has 0 amide bonds. The smallest absolute Gasteiger partial charge is 0.322 e. The summed E-state index contributed by atoms with van der Waals surface area (Å²) in [5, 5.41) is 20.3. The zero-order valence-corrected chi connectivity index (χ0v) is 6.84. The van der Waals surface area contributed by atoms with Crippen molar-refractivity contribution < 1.29 is 15.0 Å². The molecule has 13 heavy (non-hydrogen) atoms. The Hall–Kier alpha value is -1.34. The Morgan fingerprint density at radius 3 is 2.85 bits per heavy atom. The number of hydrogen-bond acceptors (Lipinski definition) is 6. The molecule has 0 saturated heterocycles. The highest BCUT2D eigenvalue weighted by atomic mass is 16.4. The molecule has 0 unspecified atom stereocenters. The number of aliphatic hydroxyl groups is 1. The minimum absolute atomic E-state index is 0.0143. The Balaban J connectivity index is 2.64. The summed E-state index contributed by atoms with van der Waals surface area (Å²) >= 11 is 0. The van der Waals surface area contributed by atoms with Gasteiger partial charge in [-0.3, -0.25) is 4.79 Å². The van der Waals surface area contributed by atoms with Crippen LogP contribution in [0.25, 0.3) is 0 Å². The maximum Gasteiger partial charge on any atom is 0.322 e. The fourth-order valence-electron chi connectivity index (χ4n) is 1.14. The predicted octanol–water partition coefficient (Wildman–Crippen LogP) is -2.61. The summed E-state index contributed by atoms with van der Waals surface area (Å²) in [5.41, 5.74) is 10.6. The standard InChI is InChI=1S/C6H12N4O3/c7-4(5(12)13)2-1-3(11)10-6(8)9-2/h2-4,11H,1,7H2,(H,12,13)(H3,8,9,10)/t2-,3+,4+/m1/s1. The van der Waals surface area contributed by atoms with Crippen molar-refractivity contribution in [2.24, 2.45) is 16.5 Å². The third-order valence-corrected chi connectivity index (χ3v) is 1.80. The molecule has 7 nitrogen and oxygen atoms in total. The molecule has 1 heterocycles. The zero-order valence-electron chi connectivity index (χ0n) is 6.84. The van der Waals surface area contributed by atoms with Crippen molar-refractivity contribution in [1.82, 2.24) is 5.32 Å². The summed E-state index contributed by atoms with van der Waals surface area (Å²) in [5.74, 6) is -1.13. The van der Waals surface area contributed by atoms with Crippen LogP contribution in [0.5, 0.6) is 0 Å². The third kappa shape index (κ3) is 2.30. The predicted molar refractivity (Wildman–Crippen MR) is 44.8 cm³/mol. The number of carbonyl (C=O) groups is 1. The van der Waals surface area contributed by atoms with Crippen LogP contribution >= 0.6 is 0 Å². The molecule has 7 N–H and O–H groups in total. The molecular formula is C6H12N4O3. The second-order valence-corrected chi connectivity index (χ2v) is 2.85. The number of nitrogens with two attached hydrogens (primary N) is 2. The molecule has 0 aromatic carbocycles. The Kier molecular flexibility index (Phi) is 2.69. The molecule has 7 heteroatoms. The van der Waals surface area contributed by atoms with Gasteiger partial charge >= 0.3 is 5.97 Å². The monoisotopic (exact) mass is 188 g/mol. The van der Waals surface area contributed by atoms with Crippen LogP contribution < -0.4 is 16.8 Å². The van der Waals surface area contributed by atoms with E-state index in [9.17, 15) is 4.79 Å². The lowest BCUT2D eigenvalue weighted by Crippen LogP contribution is -2.57. The lowest BCUT2D eigenvalue weighted by atomic mass is 10.0. The molecule has 74 valence electrons. The van der Waals surface area contributed by atoms with Crippen molar-refractivity contribution >= 4 is 11.9 Å². The molecule has 0 radical (unpaired) electrons. The Bertz CT molecular complexity index is 242. The Labute approximate surface area is 74.4 Å². The lowest BCUT2D eigenvalue weighted by molar-refractivity contribution is -0.139. The molecule has 0 aromatic heterocycles. The van der Waals surface area contributed by atoms with E-state index >= 15 is 0 Å². The molecular weight excluding hydrogens is 176 g/mol. The normalized spacial score (nSPS) is 30.2. The minimum Gasteiger partial charge on any atom is -0.480 e. The van der Waals surface area contributed by atoms with E-state index in [4.69, 9.17) is 21.7 Å². The van der Waals surface area contributed by atoms with Gasteiger partial charge < -0.3 is 27.0 Å². The first-order valence-electron chi connectivity index (χ1n) is 3.77. The van der Waals surface area contributed by atoms with Gasteiger partial charge in [0.1, 0.15) is 6.04 Å². The third-order valence-electron chi connectivity index (χ3n) is 1.80. The maximum absolute atomic E-state index is 10.5. The molecule has 1 aliphatic rings. The molecule has 1 rings (SSSR count). The largest absolute Gasteiger partial charge is 0.480 e. The molecule has 0 bridgehead atoms. The number of guanidine groups is 1. The van der Waals surface area contributed by atoms with Crippen molar-refractivity contribution in [3.63, 3.8) is 0 Å². The van der Waals surface area contributed by atoms with E-state index in [-0.39, 0.29) is 12.4 Å². The van der Waals surface area contributed by atoms with Crippen molar-refractivity contribution in [1.29, 1.82) is 0 Å². The second-order valence-electron chi connectivity index (χ2n) is 2.85. The number of nitrogens with zero attached hydrogens (tertiary/aromatic N) is 1. The zero-order chi connectivity index (χ0) is 10.0. The number of carboxylic acid groups (broad SMARTS) is 1. The molecule has 0 aliphatic carbocycles. The van der Waals surface area contributed by atoms with E-state index < -0.39 is 24.3 Å². The SMILES string of the molecule is NC1=N[C@@H](O)C[C@H]([C@H](N)C(=O)O)N1. The number of rotatable bonds is 2. The summed E-state index contributed by atoms with van der Waals surface area (Å²) in [6.07, 6.45) is -0.828. The molecule has 0 aromatic rings. The van der Waals surface area contributed by atoms with Crippen LogP contribution in [0.3, 0.4) is 0 Å². The Morgan fingerprint density at radius 1 is 1.77 bits per heavy atom. The van der Waals surface area contributed by atoms with E-state index in [0.29, 0.717) is 0 Å². The van der Waals surface area contributed by atoms with Gasteiger partial charge in [-0.05, 0) is 0 Å². The molecule has 1 aliphatic heterocycles. The first-order valence-corrected chi connectivity index (χ1v) is 3.77. The molecule has 0 fully saturated rings. The van der Waals surface area contributed by atoms with Gasteiger partial charge in [0.25, 0.3) is 0 Å². The highest BCUT2D eigenvalue weighted by molar-refractivity contribution is 5.81. The van der Waals surface area contributed by atoms with Crippen molar-refractivity contribution in [2.45, 2.75) is 24.7 Å². The number of nitrogens with one attached hydrogen (secondary N) is 1. The van der Waals surface area contributed by atoms with Crippen LogP contribution in [-0.2, 0) is 4.79 Å². The van der Waals surface area contributed by atoms with Crippen LogP contribution in [0.4, 0.5) is 0 Å². The van der Waals surface area contributed by atoms with Gasteiger partial charge in [0, 0.05) is 6.42 Å². The highest BCUT2D eigenvalue weighted by Crippen LogP contribution is 2.07. The lowest BCUT2D eigenvalue weighted by Gasteiger charge is -2.27. The van der Waals surface area contributed by atoms with Gasteiger partial charge in [0.05, 0.1) is 6.04 Å². The average molecular weight is 188 g/mol. The Morgan fingerprint density at radius 2 is 2.38 bits per heavy atom. The van der Waals surface area contributed by atoms with E-state index in [0.717, 1.165) is 0 Å². The number of hydrogen-bond donors (Lipinski definition) is 5. The van der Waals surface area contributed by atoms with E-state index in [1.807, 2.05) is 0 Å². The van der Waals surface area contributed by atoms with Gasteiger partial charge in [-0.1, -0.05) is 0 Å². The summed E-state index contributed by atoms with van der Waals surface area (Å²) in [7, 11) is 0. The molecule has 0 spiro atoms. The molecule has 0 saturated carbocycles. The highest BCUT2D eigenvalue weighted by Gasteiger charge is 2.29. The first kappa shape index (κ1) is 9.75. The summed E-state index contributed by atoms with van der Waals surface area (Å²) in [6.45, 7) is 0. The van der Waals surface area contributed by atoms with Crippen LogP contribution in [-0.4, -0.2) is 40.5 Å². The van der Waals surface area contributed by atoms with Gasteiger partial charge in [-0.2, -0.15) is 0 Å². The maximum atomic E-state index is 10.5. The summed E-state index contributed by atoms with van der Waals surface area (Å²) < 4.78 is 0. The first-order chi connectivity index (χ1) is 6.00. The van der Waals surface area contributed by atoms with Gasteiger partial charge in [-0.25, -0.2) is 4.99 Å². The van der Waals surface area contributed by atoms with Crippen LogP contribution in [0.2, 0.25) is 0 Å². The van der Waals surface area contributed by atoms with Crippen LogP contribution in [0.15, 0.2) is 4.99 Å². The van der Waals surface area contributed by atoms with E-state index in [2.05, 4.69) is 10.3 Å². The number of aliphatic carboxylic acids is 1. The fraction of sp³-hybridized carbons (Fsp3) is 0.667. The summed E-state index contributed by atoms with van der Waals surface area (Å²) in [4.78, 5) is 14.0. The average Bonchev–Trinajstić information content (AvgIpc) is 2.01. The number of aliphatic imine (C=N–C) groups is 1. The van der Waals surface area contributed by atoms with E-state index in [1.165, 1.54) is 0 Å². The summed E-state index contributed by atoms with van der Waals surface area (Å²) in [6, 6.07) is -1.67. The number of carboxylic acids is 1. The van der Waals surface area contributed by atoms with Crippen LogP contribution in [0.1, 0.15) is 6.42 Å².